The Kier molecular flexibility index (Phi) is 17.3. The molecule has 0 aliphatic rings. The molecule has 0 N–H and O–H groups in total. The molecule has 0 bridgehead atoms. The predicted octanol–water partition coefficient (Wildman–Crippen LogP) is -2.02. The second-order valence-corrected chi connectivity index (χ2v) is 2.16. The molecule has 0 radical (unpaired) electrons. The Bertz CT molecular complexity index is 146. The number of halogens is 1. The van der Waals surface area contributed by atoms with E-state index in [1.54, 1.807) is 0 Å². The van der Waals surface area contributed by atoms with E-state index in [0.29, 0.717) is 0 Å². The average Bonchev–Trinajstić information content (AvgIpc) is 1.69. The van der Waals surface area contributed by atoms with Crippen LogP contribution in [-0.4, -0.2) is 0 Å². The Hall–Kier alpha value is 1.03. The molecule has 1 aromatic carbocycles. The third kappa shape index (κ3) is 7.14. The zero-order valence-electron chi connectivity index (χ0n) is 5.50. The summed E-state index contributed by atoms with van der Waals surface area (Å²) in [6.07, 6.45) is 0. The van der Waals surface area contributed by atoms with E-state index in [1.165, 1.54) is 4.04 Å². The summed E-state index contributed by atoms with van der Waals surface area (Å²) in [5.74, 6) is 0. The summed E-state index contributed by atoms with van der Waals surface area (Å²) in [6, 6.07) is 10.0. The van der Waals surface area contributed by atoms with E-state index >= 15 is 0 Å². The molecule has 0 spiro atoms. The van der Waals surface area contributed by atoms with Gasteiger partial charge in [-0.05, 0) is 0 Å². The van der Waals surface area contributed by atoms with Gasteiger partial charge in [0.05, 0.1) is 0 Å². The van der Waals surface area contributed by atoms with Crippen molar-refractivity contribution in [2.24, 2.45) is 0 Å². The first kappa shape index (κ1) is 17.2. The molecule has 0 saturated heterocycles. The summed E-state index contributed by atoms with van der Waals surface area (Å²) in [4.78, 5) is 0. The fourth-order valence-corrected chi connectivity index (χ4v) is 0.702. The second kappa shape index (κ2) is 10.0. The summed E-state index contributed by atoms with van der Waals surface area (Å²) in [5, 5.41) is 0. The van der Waals surface area contributed by atoms with Crippen LogP contribution in [0.15, 0.2) is 30.3 Å². The van der Waals surface area contributed by atoms with Crippen LogP contribution in [0.4, 0.5) is 0 Å². The molecule has 0 nitrogen and oxygen atoms in total. The Balaban J connectivity index is -0.000000163. The fourth-order valence-electron chi connectivity index (χ4n) is 0.403. The van der Waals surface area contributed by atoms with Crippen molar-refractivity contribution in [3.63, 3.8) is 0 Å². The molecule has 0 amide bonds. The molecular formula is C6H11ClP2Pd. The molecule has 0 heterocycles. The molecule has 0 saturated carbocycles. The van der Waals surface area contributed by atoms with Gasteiger partial charge < -0.3 is 12.4 Å². The average molecular weight is 287 g/mol. The van der Waals surface area contributed by atoms with Crippen molar-refractivity contribution < 1.29 is 31.6 Å². The zero-order valence-corrected chi connectivity index (χ0v) is 10.6. The van der Waals surface area contributed by atoms with Gasteiger partial charge in [0.1, 0.15) is 0 Å². The van der Waals surface area contributed by atoms with Gasteiger partial charge in [-0.3, -0.25) is 0 Å². The van der Waals surface area contributed by atoms with Crippen LogP contribution < -0.4 is 16.4 Å². The van der Waals surface area contributed by atoms with E-state index in [4.69, 9.17) is 0 Å². The predicted molar refractivity (Wildman–Crippen MR) is 48.3 cm³/mol. The van der Waals surface area contributed by atoms with Crippen molar-refractivity contribution in [2.75, 3.05) is 0 Å². The summed E-state index contributed by atoms with van der Waals surface area (Å²) >= 11 is 3.07. The number of hydrogen-bond acceptors (Lipinski definition) is 0. The fraction of sp³-hybridized carbons (Fsp3) is 0. The standard InChI is InChI=1S/C6H5.ClH.2H3P.Pd/c1-2-4-6-5-3-1;;;;/h1-5H;1H;2*1H3;/q;;;;+1/p-1. The minimum absolute atomic E-state index is 0. The number of benzene rings is 1. The summed E-state index contributed by atoms with van der Waals surface area (Å²) in [5.41, 5.74) is 0. The van der Waals surface area contributed by atoms with Crippen LogP contribution in [0.25, 0.3) is 0 Å². The summed E-state index contributed by atoms with van der Waals surface area (Å²) in [7, 11) is 0. The van der Waals surface area contributed by atoms with E-state index in [9.17, 15) is 0 Å². The molecule has 0 aromatic heterocycles. The first-order chi connectivity index (χ1) is 3.39. The van der Waals surface area contributed by atoms with Gasteiger partial charge in [-0.25, -0.2) is 0 Å². The molecule has 2 atom stereocenters. The number of rotatable bonds is 0. The van der Waals surface area contributed by atoms with Crippen LogP contribution in [0.3, 0.4) is 0 Å². The Morgan fingerprint density at radius 2 is 1.30 bits per heavy atom. The SMILES string of the molecule is P.P.[Cl-].[Pd+][c]1ccccc1. The third-order valence-corrected chi connectivity index (χ3v) is 1.23. The van der Waals surface area contributed by atoms with Crippen LogP contribution in [0.2, 0.25) is 0 Å². The van der Waals surface area contributed by atoms with Crippen LogP contribution in [-0.2, 0) is 19.2 Å². The summed E-state index contributed by atoms with van der Waals surface area (Å²) < 4.78 is 1.17. The molecule has 62 valence electrons. The van der Waals surface area contributed by atoms with E-state index in [1.807, 2.05) is 30.3 Å². The number of hydrogen-bond donors (Lipinski definition) is 0. The van der Waals surface area contributed by atoms with Crippen molar-refractivity contribution in [1.82, 2.24) is 0 Å². The third-order valence-electron chi connectivity index (χ3n) is 0.713. The Labute approximate surface area is 85.6 Å². The maximum atomic E-state index is 3.07. The first-order valence-corrected chi connectivity index (χ1v) is 2.85. The minimum atomic E-state index is 0. The molecule has 2 unspecified atom stereocenters. The van der Waals surface area contributed by atoms with Crippen molar-refractivity contribution in [3.05, 3.63) is 30.3 Å². The van der Waals surface area contributed by atoms with Gasteiger partial charge in [0, 0.05) is 0 Å². The van der Waals surface area contributed by atoms with Gasteiger partial charge in [0.2, 0.25) is 0 Å². The van der Waals surface area contributed by atoms with E-state index in [2.05, 4.69) is 19.2 Å². The van der Waals surface area contributed by atoms with Gasteiger partial charge in [-0.2, -0.15) is 19.8 Å². The van der Waals surface area contributed by atoms with Gasteiger partial charge in [-0.15, -0.1) is 0 Å². The molecule has 1 rings (SSSR count). The van der Waals surface area contributed by atoms with Crippen molar-refractivity contribution >= 4 is 23.8 Å². The maximum absolute atomic E-state index is 3.07. The normalized spacial score (nSPS) is 6.20. The second-order valence-electron chi connectivity index (χ2n) is 1.26. The van der Waals surface area contributed by atoms with Crippen molar-refractivity contribution in [1.29, 1.82) is 0 Å². The van der Waals surface area contributed by atoms with Gasteiger partial charge in [0.15, 0.2) is 0 Å². The van der Waals surface area contributed by atoms with E-state index in [-0.39, 0.29) is 32.2 Å². The van der Waals surface area contributed by atoms with E-state index in [0.717, 1.165) is 0 Å². The quantitative estimate of drug-likeness (QED) is 0.382. The molecular weight excluding hydrogens is 276 g/mol. The van der Waals surface area contributed by atoms with Gasteiger partial charge in [0.25, 0.3) is 0 Å². The molecule has 0 aliphatic carbocycles. The zero-order chi connectivity index (χ0) is 5.11. The van der Waals surface area contributed by atoms with Crippen LogP contribution in [0, 0.1) is 0 Å². The summed E-state index contributed by atoms with van der Waals surface area (Å²) in [6.45, 7) is 0. The van der Waals surface area contributed by atoms with Crippen LogP contribution >= 0.6 is 19.8 Å². The molecule has 10 heavy (non-hydrogen) atoms. The van der Waals surface area contributed by atoms with Gasteiger partial charge >= 0.3 is 53.6 Å². The van der Waals surface area contributed by atoms with Crippen molar-refractivity contribution in [3.8, 4) is 0 Å². The molecule has 0 aliphatic heterocycles. The van der Waals surface area contributed by atoms with E-state index < -0.39 is 0 Å². The van der Waals surface area contributed by atoms with Crippen LogP contribution in [0.1, 0.15) is 0 Å². The molecule has 4 heteroatoms. The molecule has 1 aromatic rings. The monoisotopic (exact) mass is 286 g/mol. The molecule has 0 fully saturated rings. The van der Waals surface area contributed by atoms with Crippen LogP contribution in [0.5, 0.6) is 0 Å². The van der Waals surface area contributed by atoms with Gasteiger partial charge in [-0.1, -0.05) is 0 Å². The Morgan fingerprint density at radius 1 is 0.900 bits per heavy atom. The topological polar surface area (TPSA) is 0 Å². The van der Waals surface area contributed by atoms with Crippen molar-refractivity contribution in [2.45, 2.75) is 0 Å². The first-order valence-electron chi connectivity index (χ1n) is 2.07. The Morgan fingerprint density at radius 3 is 1.50 bits per heavy atom.